The largest absolute Gasteiger partial charge is 0.433 e. The Morgan fingerprint density at radius 2 is 2.25 bits per heavy atom. The molecule has 132 valence electrons. The van der Waals surface area contributed by atoms with Crippen LogP contribution in [0.3, 0.4) is 0 Å². The number of alkyl halides is 3. The normalized spacial score (nSPS) is 18.2. The summed E-state index contributed by atoms with van der Waals surface area (Å²) >= 11 is 5.01. The second kappa shape index (κ2) is 7.78. The average Bonchev–Trinajstić information content (AvgIpc) is 2.52. The SMILES string of the molecule is C=CCNC(=S)Nc1nc(N2CCCC(C)C2)cc(C(F)(F)F)n1. The highest BCUT2D eigenvalue weighted by molar-refractivity contribution is 7.80. The molecule has 2 N–H and O–H groups in total. The van der Waals surface area contributed by atoms with E-state index in [1.54, 1.807) is 6.08 Å². The number of aromatic nitrogens is 2. The van der Waals surface area contributed by atoms with Gasteiger partial charge in [-0.3, -0.25) is 0 Å². The molecule has 24 heavy (non-hydrogen) atoms. The number of rotatable bonds is 4. The van der Waals surface area contributed by atoms with Crippen LogP contribution in [0.15, 0.2) is 18.7 Å². The molecule has 2 heterocycles. The highest BCUT2D eigenvalue weighted by atomic mass is 32.1. The number of piperidine rings is 1. The van der Waals surface area contributed by atoms with E-state index in [1.165, 1.54) is 0 Å². The van der Waals surface area contributed by atoms with Crippen LogP contribution in [0.1, 0.15) is 25.5 Å². The van der Waals surface area contributed by atoms with Crippen molar-refractivity contribution in [2.45, 2.75) is 25.9 Å². The second-order valence-corrected chi connectivity index (χ2v) is 6.16. The molecule has 1 aliphatic heterocycles. The van der Waals surface area contributed by atoms with Gasteiger partial charge in [0, 0.05) is 25.7 Å². The Morgan fingerprint density at radius 3 is 2.88 bits per heavy atom. The molecule has 0 saturated carbocycles. The Morgan fingerprint density at radius 1 is 1.50 bits per heavy atom. The zero-order valence-electron chi connectivity index (χ0n) is 13.4. The van der Waals surface area contributed by atoms with E-state index in [1.807, 2.05) is 4.90 Å². The number of nitrogens with one attached hydrogen (secondary N) is 2. The summed E-state index contributed by atoms with van der Waals surface area (Å²) in [7, 11) is 0. The molecule has 1 fully saturated rings. The van der Waals surface area contributed by atoms with Crippen molar-refractivity contribution in [2.24, 2.45) is 5.92 Å². The zero-order chi connectivity index (χ0) is 17.7. The van der Waals surface area contributed by atoms with Gasteiger partial charge in [0.2, 0.25) is 5.95 Å². The van der Waals surface area contributed by atoms with Crippen LogP contribution < -0.4 is 15.5 Å². The van der Waals surface area contributed by atoms with Crippen LogP contribution in [0.4, 0.5) is 24.9 Å². The predicted molar refractivity (Wildman–Crippen MR) is 92.1 cm³/mol. The molecule has 0 amide bonds. The Bertz CT molecular complexity index is 605. The van der Waals surface area contributed by atoms with Gasteiger partial charge in [-0.05, 0) is 31.0 Å². The predicted octanol–water partition coefficient (Wildman–Crippen LogP) is 3.20. The maximum atomic E-state index is 13.1. The zero-order valence-corrected chi connectivity index (χ0v) is 14.2. The monoisotopic (exact) mass is 359 g/mol. The summed E-state index contributed by atoms with van der Waals surface area (Å²) < 4.78 is 39.4. The first kappa shape index (κ1) is 18.4. The van der Waals surface area contributed by atoms with Gasteiger partial charge >= 0.3 is 6.18 Å². The topological polar surface area (TPSA) is 53.1 Å². The summed E-state index contributed by atoms with van der Waals surface area (Å²) in [6.45, 7) is 7.35. The molecular weight excluding hydrogens is 339 g/mol. The first-order chi connectivity index (χ1) is 11.3. The van der Waals surface area contributed by atoms with Gasteiger partial charge in [0.15, 0.2) is 10.8 Å². The molecular formula is C15H20F3N5S. The molecule has 1 aromatic rings. The summed E-state index contributed by atoms with van der Waals surface area (Å²) in [5.41, 5.74) is -0.986. The summed E-state index contributed by atoms with van der Waals surface area (Å²) in [5.74, 6) is 0.507. The molecule has 1 atom stereocenters. The third-order valence-electron chi connectivity index (χ3n) is 3.62. The molecule has 9 heteroatoms. The molecule has 5 nitrogen and oxygen atoms in total. The van der Waals surface area contributed by atoms with Crippen molar-refractivity contribution in [2.75, 3.05) is 29.9 Å². The lowest BCUT2D eigenvalue weighted by Crippen LogP contribution is -2.35. The number of hydrogen-bond acceptors (Lipinski definition) is 4. The average molecular weight is 359 g/mol. The Labute approximate surface area is 144 Å². The quantitative estimate of drug-likeness (QED) is 0.636. The van der Waals surface area contributed by atoms with Crippen molar-refractivity contribution >= 4 is 29.1 Å². The molecule has 0 aromatic carbocycles. The Hall–Kier alpha value is -1.90. The maximum Gasteiger partial charge on any atom is 0.433 e. The van der Waals surface area contributed by atoms with Crippen LogP contribution in [-0.4, -0.2) is 34.7 Å². The van der Waals surface area contributed by atoms with Gasteiger partial charge in [-0.15, -0.1) is 6.58 Å². The second-order valence-electron chi connectivity index (χ2n) is 5.75. The van der Waals surface area contributed by atoms with Crippen molar-refractivity contribution in [3.05, 3.63) is 24.4 Å². The lowest BCUT2D eigenvalue weighted by atomic mass is 10.0. The van der Waals surface area contributed by atoms with Gasteiger partial charge < -0.3 is 15.5 Å². The van der Waals surface area contributed by atoms with Crippen LogP contribution in [-0.2, 0) is 6.18 Å². The van der Waals surface area contributed by atoms with E-state index in [-0.39, 0.29) is 16.9 Å². The van der Waals surface area contributed by atoms with Crippen LogP contribution in [0.25, 0.3) is 0 Å². The standard InChI is InChI=1S/C15H20F3N5S/c1-3-6-19-14(24)22-13-20-11(15(16,17)18)8-12(21-13)23-7-4-5-10(2)9-23/h3,8,10H,1,4-7,9H2,2H3,(H2,19,20,21,22,24). The van der Waals surface area contributed by atoms with E-state index >= 15 is 0 Å². The lowest BCUT2D eigenvalue weighted by molar-refractivity contribution is -0.141. The third-order valence-corrected chi connectivity index (χ3v) is 3.86. The summed E-state index contributed by atoms with van der Waals surface area (Å²) in [6, 6.07) is 0.990. The van der Waals surface area contributed by atoms with Gasteiger partial charge in [0.1, 0.15) is 5.82 Å². The fourth-order valence-electron chi connectivity index (χ4n) is 2.51. The molecule has 1 aliphatic rings. The maximum absolute atomic E-state index is 13.1. The Kier molecular flexibility index (Phi) is 5.98. The minimum absolute atomic E-state index is 0.146. The Balaban J connectivity index is 2.27. The van der Waals surface area contributed by atoms with Gasteiger partial charge in [-0.1, -0.05) is 13.0 Å². The summed E-state index contributed by atoms with van der Waals surface area (Å²) in [6.07, 6.45) is -0.976. The smallest absolute Gasteiger partial charge is 0.359 e. The van der Waals surface area contributed by atoms with Crippen LogP contribution in [0, 0.1) is 5.92 Å². The van der Waals surface area contributed by atoms with Gasteiger partial charge in [0.05, 0.1) is 0 Å². The highest BCUT2D eigenvalue weighted by Crippen LogP contribution is 2.31. The van der Waals surface area contributed by atoms with Crippen LogP contribution >= 0.6 is 12.2 Å². The first-order valence-electron chi connectivity index (χ1n) is 7.66. The molecule has 0 spiro atoms. The van der Waals surface area contributed by atoms with Crippen molar-refractivity contribution in [1.29, 1.82) is 0 Å². The van der Waals surface area contributed by atoms with E-state index in [0.717, 1.165) is 18.9 Å². The number of thiocarbonyl (C=S) groups is 1. The van der Waals surface area contributed by atoms with Gasteiger partial charge in [0.25, 0.3) is 0 Å². The lowest BCUT2D eigenvalue weighted by Gasteiger charge is -2.32. The summed E-state index contributed by atoms with van der Waals surface area (Å²) in [5, 5.41) is 5.52. The van der Waals surface area contributed by atoms with Crippen molar-refractivity contribution in [3.63, 3.8) is 0 Å². The fourth-order valence-corrected chi connectivity index (χ4v) is 2.68. The van der Waals surface area contributed by atoms with Crippen molar-refractivity contribution in [3.8, 4) is 0 Å². The third kappa shape index (κ3) is 5.05. The van der Waals surface area contributed by atoms with Crippen LogP contribution in [0.2, 0.25) is 0 Å². The minimum Gasteiger partial charge on any atom is -0.359 e. The molecule has 2 rings (SSSR count). The van der Waals surface area contributed by atoms with Crippen molar-refractivity contribution < 1.29 is 13.2 Å². The molecule has 0 aliphatic carbocycles. The number of hydrogen-bond donors (Lipinski definition) is 2. The molecule has 1 unspecified atom stereocenters. The number of halogens is 3. The van der Waals surface area contributed by atoms with Gasteiger partial charge in [-0.25, -0.2) is 4.98 Å². The number of nitrogens with zero attached hydrogens (tertiary/aromatic N) is 3. The van der Waals surface area contributed by atoms with Crippen molar-refractivity contribution in [1.82, 2.24) is 15.3 Å². The molecule has 1 saturated heterocycles. The first-order valence-corrected chi connectivity index (χ1v) is 8.07. The molecule has 0 radical (unpaired) electrons. The minimum atomic E-state index is -4.55. The highest BCUT2D eigenvalue weighted by Gasteiger charge is 2.34. The molecule has 0 bridgehead atoms. The fraction of sp³-hybridized carbons (Fsp3) is 0.533. The molecule has 1 aromatic heterocycles. The van der Waals surface area contributed by atoms with Crippen LogP contribution in [0.5, 0.6) is 0 Å². The van der Waals surface area contributed by atoms with E-state index in [0.29, 0.717) is 25.6 Å². The van der Waals surface area contributed by atoms with E-state index in [9.17, 15) is 13.2 Å². The number of anilines is 2. The van der Waals surface area contributed by atoms with E-state index in [2.05, 4.69) is 34.1 Å². The van der Waals surface area contributed by atoms with E-state index in [4.69, 9.17) is 12.2 Å². The van der Waals surface area contributed by atoms with Gasteiger partial charge in [-0.2, -0.15) is 18.2 Å². The summed E-state index contributed by atoms with van der Waals surface area (Å²) in [4.78, 5) is 9.60. The van der Waals surface area contributed by atoms with E-state index < -0.39 is 11.9 Å².